The minimum absolute atomic E-state index is 0.193. The zero-order valence-electron chi connectivity index (χ0n) is 9.63. The van der Waals surface area contributed by atoms with Crippen molar-refractivity contribution in [3.63, 3.8) is 0 Å². The van der Waals surface area contributed by atoms with E-state index in [9.17, 15) is 4.39 Å². The van der Waals surface area contributed by atoms with Crippen molar-refractivity contribution >= 4 is 0 Å². The Kier molecular flexibility index (Phi) is 3.69. The minimum Gasteiger partial charge on any atom is -0.494 e. The smallest absolute Gasteiger partial charge is 0.165 e. The first-order chi connectivity index (χ1) is 6.92. The number of hydrogen-bond acceptors (Lipinski definition) is 2. The summed E-state index contributed by atoms with van der Waals surface area (Å²) >= 11 is 0. The number of hydrogen-bond donors (Lipinski definition) is 0. The molecule has 0 bridgehead atoms. The largest absolute Gasteiger partial charge is 0.494 e. The number of rotatable bonds is 3. The molecule has 1 aromatic rings. The lowest BCUT2D eigenvalue weighted by molar-refractivity contribution is -0.0150. The highest BCUT2D eigenvalue weighted by Gasteiger charge is 2.11. The summed E-state index contributed by atoms with van der Waals surface area (Å²) in [7, 11) is 1.45. The lowest BCUT2D eigenvalue weighted by atomic mass is 10.1. The first-order valence-electron chi connectivity index (χ1n) is 4.89. The van der Waals surface area contributed by atoms with Gasteiger partial charge >= 0.3 is 0 Å². The molecule has 1 aromatic carbocycles. The van der Waals surface area contributed by atoms with Gasteiger partial charge in [0.2, 0.25) is 0 Å². The second kappa shape index (κ2) is 4.62. The summed E-state index contributed by atoms with van der Waals surface area (Å²) in [4.78, 5) is 0. The minimum atomic E-state index is -0.350. The second-order valence-electron chi connectivity index (χ2n) is 4.37. The van der Waals surface area contributed by atoms with Crippen LogP contribution >= 0.6 is 0 Å². The summed E-state index contributed by atoms with van der Waals surface area (Å²) in [6, 6.07) is 4.74. The molecule has 0 aliphatic heterocycles. The molecule has 84 valence electrons. The molecule has 3 heteroatoms. The van der Waals surface area contributed by atoms with Crippen LogP contribution in [-0.4, -0.2) is 12.7 Å². The van der Waals surface area contributed by atoms with Gasteiger partial charge in [0.1, 0.15) is 0 Å². The highest BCUT2D eigenvalue weighted by molar-refractivity contribution is 5.29. The molecule has 15 heavy (non-hydrogen) atoms. The lowest BCUT2D eigenvalue weighted by Crippen LogP contribution is -2.18. The Morgan fingerprint density at radius 1 is 1.27 bits per heavy atom. The second-order valence-corrected chi connectivity index (χ2v) is 4.37. The van der Waals surface area contributed by atoms with E-state index in [4.69, 9.17) is 9.47 Å². The van der Waals surface area contributed by atoms with Gasteiger partial charge in [0.25, 0.3) is 0 Å². The standard InChI is InChI=1S/C12H17FO2/c1-12(2,3)15-8-9-5-6-10(13)11(7-9)14-4/h5-7H,8H2,1-4H3. The van der Waals surface area contributed by atoms with Gasteiger partial charge in [0.15, 0.2) is 11.6 Å². The van der Waals surface area contributed by atoms with Gasteiger partial charge in [-0.05, 0) is 38.5 Å². The van der Waals surface area contributed by atoms with Crippen molar-refractivity contribution in [2.45, 2.75) is 33.0 Å². The molecular weight excluding hydrogens is 195 g/mol. The molecule has 0 saturated carbocycles. The molecule has 0 aromatic heterocycles. The van der Waals surface area contributed by atoms with Crippen molar-refractivity contribution in [1.82, 2.24) is 0 Å². The molecule has 0 unspecified atom stereocenters. The van der Waals surface area contributed by atoms with Gasteiger partial charge in [-0.1, -0.05) is 6.07 Å². The van der Waals surface area contributed by atoms with Gasteiger partial charge < -0.3 is 9.47 Å². The van der Waals surface area contributed by atoms with Crippen LogP contribution in [0.3, 0.4) is 0 Å². The Morgan fingerprint density at radius 2 is 1.93 bits per heavy atom. The van der Waals surface area contributed by atoms with Gasteiger partial charge in [-0.15, -0.1) is 0 Å². The van der Waals surface area contributed by atoms with Crippen molar-refractivity contribution in [2.24, 2.45) is 0 Å². The number of methoxy groups -OCH3 is 1. The Labute approximate surface area is 90.0 Å². The number of halogens is 1. The number of ether oxygens (including phenoxy) is 2. The van der Waals surface area contributed by atoms with Crippen molar-refractivity contribution in [2.75, 3.05) is 7.11 Å². The Bertz CT molecular complexity index is 329. The molecule has 0 spiro atoms. The maximum atomic E-state index is 13.1. The fraction of sp³-hybridized carbons (Fsp3) is 0.500. The number of benzene rings is 1. The average Bonchev–Trinajstić information content (AvgIpc) is 2.15. The summed E-state index contributed by atoms with van der Waals surface area (Å²) in [5, 5.41) is 0. The van der Waals surface area contributed by atoms with Crippen LogP contribution in [-0.2, 0) is 11.3 Å². The van der Waals surface area contributed by atoms with E-state index in [1.807, 2.05) is 20.8 Å². The summed E-state index contributed by atoms with van der Waals surface area (Å²) < 4.78 is 23.5. The van der Waals surface area contributed by atoms with Crippen LogP contribution in [0.25, 0.3) is 0 Å². The van der Waals surface area contributed by atoms with Crippen molar-refractivity contribution in [3.8, 4) is 5.75 Å². The summed E-state index contributed by atoms with van der Waals surface area (Å²) in [6.07, 6.45) is 0. The molecule has 1 rings (SSSR count). The highest BCUT2D eigenvalue weighted by Crippen LogP contribution is 2.20. The first-order valence-corrected chi connectivity index (χ1v) is 4.89. The SMILES string of the molecule is COc1cc(COC(C)(C)C)ccc1F. The van der Waals surface area contributed by atoms with E-state index < -0.39 is 0 Å². The molecule has 0 N–H and O–H groups in total. The fourth-order valence-corrected chi connectivity index (χ4v) is 1.09. The first kappa shape index (κ1) is 12.0. The quantitative estimate of drug-likeness (QED) is 0.766. The molecule has 2 nitrogen and oxygen atoms in total. The van der Waals surface area contributed by atoms with Gasteiger partial charge in [-0.2, -0.15) is 0 Å². The predicted octanol–water partition coefficient (Wildman–Crippen LogP) is 3.15. The average molecular weight is 212 g/mol. The molecule has 0 aliphatic rings. The third kappa shape index (κ3) is 3.88. The van der Waals surface area contributed by atoms with Crippen LogP contribution in [0.2, 0.25) is 0 Å². The van der Waals surface area contributed by atoms with E-state index in [2.05, 4.69) is 0 Å². The third-order valence-electron chi connectivity index (χ3n) is 1.89. The Balaban J connectivity index is 2.70. The monoisotopic (exact) mass is 212 g/mol. The van der Waals surface area contributed by atoms with Gasteiger partial charge in [-0.3, -0.25) is 0 Å². The van der Waals surface area contributed by atoms with Crippen LogP contribution < -0.4 is 4.74 Å². The van der Waals surface area contributed by atoms with Crippen LogP contribution in [0.1, 0.15) is 26.3 Å². The van der Waals surface area contributed by atoms with Crippen molar-refractivity contribution < 1.29 is 13.9 Å². The summed E-state index contributed by atoms with van der Waals surface area (Å²) in [5.74, 6) is -0.0954. The molecule has 0 fully saturated rings. The van der Waals surface area contributed by atoms with E-state index in [-0.39, 0.29) is 17.2 Å². The lowest BCUT2D eigenvalue weighted by Gasteiger charge is -2.19. The molecule has 0 amide bonds. The zero-order valence-corrected chi connectivity index (χ0v) is 9.63. The van der Waals surface area contributed by atoms with Crippen LogP contribution in [0.4, 0.5) is 4.39 Å². The van der Waals surface area contributed by atoms with Gasteiger partial charge in [0.05, 0.1) is 19.3 Å². The Morgan fingerprint density at radius 3 is 2.47 bits per heavy atom. The van der Waals surface area contributed by atoms with Crippen molar-refractivity contribution in [1.29, 1.82) is 0 Å². The van der Waals surface area contributed by atoms with E-state index in [1.54, 1.807) is 12.1 Å². The van der Waals surface area contributed by atoms with E-state index in [0.717, 1.165) is 5.56 Å². The summed E-state index contributed by atoms with van der Waals surface area (Å²) in [5.41, 5.74) is 0.713. The van der Waals surface area contributed by atoms with E-state index >= 15 is 0 Å². The maximum absolute atomic E-state index is 13.1. The molecule has 0 saturated heterocycles. The van der Waals surface area contributed by atoms with Crippen LogP contribution in [0, 0.1) is 5.82 Å². The molecule has 0 heterocycles. The fourth-order valence-electron chi connectivity index (χ4n) is 1.09. The molecule has 0 radical (unpaired) electrons. The van der Waals surface area contributed by atoms with E-state index in [1.165, 1.54) is 13.2 Å². The van der Waals surface area contributed by atoms with Crippen molar-refractivity contribution in [3.05, 3.63) is 29.6 Å². The Hall–Kier alpha value is -1.09. The zero-order chi connectivity index (χ0) is 11.5. The highest BCUT2D eigenvalue weighted by atomic mass is 19.1. The van der Waals surface area contributed by atoms with E-state index in [0.29, 0.717) is 6.61 Å². The maximum Gasteiger partial charge on any atom is 0.165 e. The summed E-state index contributed by atoms with van der Waals surface area (Å²) in [6.45, 7) is 6.40. The normalized spacial score (nSPS) is 11.5. The third-order valence-corrected chi connectivity index (χ3v) is 1.89. The predicted molar refractivity (Wildman–Crippen MR) is 57.5 cm³/mol. The molecule has 0 atom stereocenters. The van der Waals surface area contributed by atoms with Gasteiger partial charge in [0, 0.05) is 0 Å². The van der Waals surface area contributed by atoms with Crippen LogP contribution in [0.5, 0.6) is 5.75 Å². The molecular formula is C12H17FO2. The molecule has 0 aliphatic carbocycles. The topological polar surface area (TPSA) is 18.5 Å². The van der Waals surface area contributed by atoms with Gasteiger partial charge in [-0.25, -0.2) is 4.39 Å². The van der Waals surface area contributed by atoms with Crippen LogP contribution in [0.15, 0.2) is 18.2 Å².